The molecule has 0 radical (unpaired) electrons. The fourth-order valence-electron chi connectivity index (χ4n) is 1.72. The molecule has 2 rings (SSSR count). The molecule has 90 valence electrons. The van der Waals surface area contributed by atoms with E-state index in [0.29, 0.717) is 12.4 Å². The predicted molar refractivity (Wildman–Crippen MR) is 71.2 cm³/mol. The number of methoxy groups -OCH3 is 1. The van der Waals surface area contributed by atoms with Crippen molar-refractivity contribution in [2.45, 2.75) is 13.5 Å². The Morgan fingerprint density at radius 2 is 2.18 bits per heavy atom. The summed E-state index contributed by atoms with van der Waals surface area (Å²) >= 11 is 3.45. The first kappa shape index (κ1) is 12.0. The van der Waals surface area contributed by atoms with Gasteiger partial charge in [-0.3, -0.25) is 0 Å². The molecule has 2 N–H and O–H groups in total. The lowest BCUT2D eigenvalue weighted by molar-refractivity contribution is 0.407. The van der Waals surface area contributed by atoms with E-state index in [1.165, 1.54) is 0 Å². The van der Waals surface area contributed by atoms with Crippen LogP contribution < -0.4 is 10.5 Å². The summed E-state index contributed by atoms with van der Waals surface area (Å²) in [6.45, 7) is 2.52. The molecule has 1 aromatic heterocycles. The molecule has 0 aliphatic carbocycles. The summed E-state index contributed by atoms with van der Waals surface area (Å²) in [6.07, 6.45) is 0. The molecule has 1 heterocycles. The second-order valence-electron chi connectivity index (χ2n) is 3.82. The van der Waals surface area contributed by atoms with E-state index < -0.39 is 0 Å². The number of hydrogen-bond donors (Lipinski definition) is 1. The predicted octanol–water partition coefficient (Wildman–Crippen LogP) is 2.59. The van der Waals surface area contributed by atoms with E-state index in [1.807, 2.05) is 31.2 Å². The van der Waals surface area contributed by atoms with Crippen LogP contribution >= 0.6 is 15.9 Å². The van der Waals surface area contributed by atoms with Crippen LogP contribution in [0.4, 0.5) is 5.82 Å². The first-order chi connectivity index (χ1) is 8.10. The quantitative estimate of drug-likeness (QED) is 0.947. The Bertz CT molecular complexity index is 537. The fourth-order valence-corrected chi connectivity index (χ4v) is 2.13. The van der Waals surface area contributed by atoms with Crippen molar-refractivity contribution < 1.29 is 4.74 Å². The zero-order chi connectivity index (χ0) is 12.4. The maximum absolute atomic E-state index is 5.87. The van der Waals surface area contributed by atoms with Gasteiger partial charge in [0, 0.05) is 16.1 Å². The van der Waals surface area contributed by atoms with E-state index in [2.05, 4.69) is 21.0 Å². The molecule has 0 unspecified atom stereocenters. The highest BCUT2D eigenvalue weighted by atomic mass is 79.9. The molecule has 4 nitrogen and oxygen atoms in total. The van der Waals surface area contributed by atoms with Crippen LogP contribution in [0.3, 0.4) is 0 Å². The molecule has 0 spiro atoms. The van der Waals surface area contributed by atoms with Gasteiger partial charge in [0.05, 0.1) is 19.3 Å². The van der Waals surface area contributed by atoms with Crippen molar-refractivity contribution in [3.63, 3.8) is 0 Å². The molecule has 0 aliphatic heterocycles. The average Bonchev–Trinajstić information content (AvgIpc) is 2.58. The molecule has 5 heteroatoms. The van der Waals surface area contributed by atoms with Gasteiger partial charge >= 0.3 is 0 Å². The lowest BCUT2D eigenvalue weighted by Gasteiger charge is -2.10. The molecule has 0 saturated heterocycles. The average molecular weight is 296 g/mol. The van der Waals surface area contributed by atoms with Gasteiger partial charge in [0.15, 0.2) is 0 Å². The van der Waals surface area contributed by atoms with Crippen LogP contribution in [0, 0.1) is 6.92 Å². The molecule has 0 saturated carbocycles. The zero-order valence-corrected chi connectivity index (χ0v) is 11.4. The maximum atomic E-state index is 5.87. The largest absolute Gasteiger partial charge is 0.496 e. The van der Waals surface area contributed by atoms with Crippen LogP contribution in [0.25, 0.3) is 0 Å². The lowest BCUT2D eigenvalue weighted by Crippen LogP contribution is -2.07. The van der Waals surface area contributed by atoms with E-state index in [1.54, 1.807) is 11.8 Å². The number of halogens is 1. The number of hydrogen-bond acceptors (Lipinski definition) is 3. The molecule has 0 aliphatic rings. The van der Waals surface area contributed by atoms with E-state index in [0.717, 1.165) is 21.5 Å². The van der Waals surface area contributed by atoms with Gasteiger partial charge < -0.3 is 10.5 Å². The van der Waals surface area contributed by atoms with Crippen molar-refractivity contribution in [1.82, 2.24) is 9.78 Å². The SMILES string of the molecule is COc1ccc(Br)cc1Cn1nc(C)cc1N. The van der Waals surface area contributed by atoms with Crippen LogP contribution in [-0.4, -0.2) is 16.9 Å². The Hall–Kier alpha value is -1.49. The van der Waals surface area contributed by atoms with Gasteiger partial charge in [-0.2, -0.15) is 5.10 Å². The van der Waals surface area contributed by atoms with Crippen molar-refractivity contribution in [3.8, 4) is 5.75 Å². The van der Waals surface area contributed by atoms with Crippen molar-refractivity contribution in [2.75, 3.05) is 12.8 Å². The third-order valence-corrected chi connectivity index (χ3v) is 2.99. The van der Waals surface area contributed by atoms with Crippen molar-refractivity contribution in [3.05, 3.63) is 40.0 Å². The molecule has 2 aromatic rings. The summed E-state index contributed by atoms with van der Waals surface area (Å²) in [6, 6.07) is 7.73. The molecular formula is C12H14BrN3O. The molecule has 0 bridgehead atoms. The first-order valence-electron chi connectivity index (χ1n) is 5.22. The topological polar surface area (TPSA) is 53.1 Å². The number of benzene rings is 1. The van der Waals surface area contributed by atoms with Gasteiger partial charge in [-0.1, -0.05) is 15.9 Å². The minimum Gasteiger partial charge on any atom is -0.496 e. The number of rotatable bonds is 3. The minimum atomic E-state index is 0.599. The number of nitrogen functional groups attached to an aromatic ring is 1. The Morgan fingerprint density at radius 1 is 1.41 bits per heavy atom. The van der Waals surface area contributed by atoms with Gasteiger partial charge in [-0.25, -0.2) is 4.68 Å². The normalized spacial score (nSPS) is 10.5. The number of nitrogens with two attached hydrogens (primary N) is 1. The second kappa shape index (κ2) is 4.79. The summed E-state index contributed by atoms with van der Waals surface area (Å²) in [5.41, 5.74) is 7.82. The van der Waals surface area contributed by atoms with E-state index >= 15 is 0 Å². The first-order valence-corrected chi connectivity index (χ1v) is 6.02. The van der Waals surface area contributed by atoms with Gasteiger partial charge in [-0.05, 0) is 25.1 Å². The Balaban J connectivity index is 2.35. The number of nitrogens with zero attached hydrogens (tertiary/aromatic N) is 2. The molecular weight excluding hydrogens is 282 g/mol. The number of ether oxygens (including phenoxy) is 1. The number of aryl methyl sites for hydroxylation is 1. The summed E-state index contributed by atoms with van der Waals surface area (Å²) in [5, 5.41) is 4.33. The molecule has 0 amide bonds. The lowest BCUT2D eigenvalue weighted by atomic mass is 10.2. The van der Waals surface area contributed by atoms with E-state index in [9.17, 15) is 0 Å². The van der Waals surface area contributed by atoms with Crippen molar-refractivity contribution in [1.29, 1.82) is 0 Å². The van der Waals surface area contributed by atoms with Gasteiger partial charge in [0.2, 0.25) is 0 Å². The van der Waals surface area contributed by atoms with Crippen LogP contribution in [-0.2, 0) is 6.54 Å². The van der Waals surface area contributed by atoms with Crippen molar-refractivity contribution >= 4 is 21.7 Å². The second-order valence-corrected chi connectivity index (χ2v) is 4.74. The smallest absolute Gasteiger partial charge is 0.124 e. The minimum absolute atomic E-state index is 0.599. The molecule has 0 fully saturated rings. The third kappa shape index (κ3) is 2.61. The number of aromatic nitrogens is 2. The van der Waals surface area contributed by atoms with Gasteiger partial charge in [-0.15, -0.1) is 0 Å². The number of anilines is 1. The Kier molecular flexibility index (Phi) is 3.38. The fraction of sp³-hybridized carbons (Fsp3) is 0.250. The highest BCUT2D eigenvalue weighted by Crippen LogP contribution is 2.24. The highest BCUT2D eigenvalue weighted by molar-refractivity contribution is 9.10. The maximum Gasteiger partial charge on any atom is 0.124 e. The zero-order valence-electron chi connectivity index (χ0n) is 9.77. The van der Waals surface area contributed by atoms with Crippen LogP contribution in [0.5, 0.6) is 5.75 Å². The monoisotopic (exact) mass is 295 g/mol. The Morgan fingerprint density at radius 3 is 2.76 bits per heavy atom. The highest BCUT2D eigenvalue weighted by Gasteiger charge is 2.08. The summed E-state index contributed by atoms with van der Waals surface area (Å²) < 4.78 is 8.09. The van der Waals surface area contributed by atoms with Gasteiger partial charge in [0.1, 0.15) is 11.6 Å². The van der Waals surface area contributed by atoms with E-state index in [-0.39, 0.29) is 0 Å². The van der Waals surface area contributed by atoms with Crippen LogP contribution in [0.15, 0.2) is 28.7 Å². The van der Waals surface area contributed by atoms with Gasteiger partial charge in [0.25, 0.3) is 0 Å². The molecule has 17 heavy (non-hydrogen) atoms. The standard InChI is InChI=1S/C12H14BrN3O/c1-8-5-12(14)16(15-8)7-9-6-10(13)3-4-11(9)17-2/h3-6H,7,14H2,1-2H3. The molecule has 0 atom stereocenters. The molecule has 1 aromatic carbocycles. The van der Waals surface area contributed by atoms with Crippen LogP contribution in [0.1, 0.15) is 11.3 Å². The third-order valence-electron chi connectivity index (χ3n) is 2.50. The summed E-state index contributed by atoms with van der Waals surface area (Å²) in [5.74, 6) is 1.49. The van der Waals surface area contributed by atoms with E-state index in [4.69, 9.17) is 10.5 Å². The Labute approximate surface area is 109 Å². The van der Waals surface area contributed by atoms with Crippen molar-refractivity contribution in [2.24, 2.45) is 0 Å². The summed E-state index contributed by atoms with van der Waals surface area (Å²) in [7, 11) is 1.66. The summed E-state index contributed by atoms with van der Waals surface area (Å²) in [4.78, 5) is 0. The van der Waals surface area contributed by atoms with Crippen LogP contribution in [0.2, 0.25) is 0 Å².